The average molecular weight is 305 g/mol. The third-order valence-electron chi connectivity index (χ3n) is 3.22. The fourth-order valence-electron chi connectivity index (χ4n) is 2.03. The van der Waals surface area contributed by atoms with Crippen molar-refractivity contribution in [1.82, 2.24) is 0 Å². The van der Waals surface area contributed by atoms with Crippen LogP contribution in [-0.4, -0.2) is 37.6 Å². The number of piperidine rings is 1. The van der Waals surface area contributed by atoms with Crippen molar-refractivity contribution in [3.63, 3.8) is 0 Å². The fourth-order valence-corrected chi connectivity index (χ4v) is 2.03. The van der Waals surface area contributed by atoms with Gasteiger partial charge in [0.1, 0.15) is 0 Å². The van der Waals surface area contributed by atoms with Gasteiger partial charge in [-0.05, 0) is 32.6 Å². The van der Waals surface area contributed by atoms with E-state index in [0.29, 0.717) is 0 Å². The standard InChI is InChI=1S/C10H21N.CHF3O3S/c1-3-4-8-11-9-6-5-7-10(11)2;2-1(3,4)8(5,6)7/h10H,3-9H2,1-2H3;(H,5,6,7). The van der Waals surface area contributed by atoms with Gasteiger partial charge in [-0.2, -0.15) is 13.2 Å². The van der Waals surface area contributed by atoms with Crippen molar-refractivity contribution in [3.8, 4) is 0 Å². The minimum atomic E-state index is -6.09. The first kappa shape index (κ1) is 18.7. The summed E-state index contributed by atoms with van der Waals surface area (Å²) in [7, 11) is -6.09. The Morgan fingerprint density at radius 1 is 1.32 bits per heavy atom. The van der Waals surface area contributed by atoms with Crippen LogP contribution in [0.5, 0.6) is 0 Å². The molecule has 0 aromatic carbocycles. The van der Waals surface area contributed by atoms with Gasteiger partial charge in [-0.3, -0.25) is 0 Å². The van der Waals surface area contributed by atoms with Crippen LogP contribution in [0.15, 0.2) is 0 Å². The first-order valence-electron chi connectivity index (χ1n) is 6.46. The molecule has 1 saturated heterocycles. The summed E-state index contributed by atoms with van der Waals surface area (Å²) in [4.78, 5) is 1.86. The lowest BCUT2D eigenvalue weighted by Crippen LogP contribution is -3.16. The van der Waals surface area contributed by atoms with Crippen LogP contribution in [-0.2, 0) is 10.1 Å². The Morgan fingerprint density at radius 3 is 2.21 bits per heavy atom. The van der Waals surface area contributed by atoms with Gasteiger partial charge >= 0.3 is 5.51 Å². The van der Waals surface area contributed by atoms with E-state index in [2.05, 4.69) is 13.8 Å². The molecule has 0 bridgehead atoms. The van der Waals surface area contributed by atoms with Crippen molar-refractivity contribution >= 4 is 10.1 Å². The Balaban J connectivity index is 0.000000362. The molecule has 1 aliphatic rings. The molecule has 0 amide bonds. The molecule has 1 heterocycles. The zero-order valence-electron chi connectivity index (χ0n) is 11.3. The van der Waals surface area contributed by atoms with Crippen LogP contribution in [0, 0.1) is 0 Å². The third-order valence-corrected chi connectivity index (χ3v) is 3.78. The van der Waals surface area contributed by atoms with Gasteiger partial charge in [-0.25, -0.2) is 8.42 Å². The molecule has 0 aromatic heterocycles. The molecule has 0 radical (unpaired) electrons. The first-order valence-corrected chi connectivity index (χ1v) is 7.87. The molecule has 4 nitrogen and oxygen atoms in total. The van der Waals surface area contributed by atoms with E-state index in [9.17, 15) is 13.2 Å². The van der Waals surface area contributed by atoms with Crippen LogP contribution in [0.3, 0.4) is 0 Å². The normalized spacial score (nSPS) is 24.5. The van der Waals surface area contributed by atoms with E-state index in [1.165, 1.54) is 45.2 Å². The zero-order valence-corrected chi connectivity index (χ0v) is 12.1. The minimum absolute atomic E-state index is 0.940. The Kier molecular flexibility index (Phi) is 7.92. The van der Waals surface area contributed by atoms with Crippen molar-refractivity contribution in [3.05, 3.63) is 0 Å². The van der Waals surface area contributed by atoms with E-state index < -0.39 is 15.6 Å². The molecule has 0 saturated carbocycles. The van der Waals surface area contributed by atoms with Gasteiger partial charge in [-0.1, -0.05) is 13.3 Å². The maximum atomic E-state index is 10.7. The molecule has 2 unspecified atom stereocenters. The Labute approximate surface area is 112 Å². The van der Waals surface area contributed by atoms with Gasteiger partial charge in [0.25, 0.3) is 0 Å². The minimum Gasteiger partial charge on any atom is -0.741 e. The number of hydrogen-bond donors (Lipinski definition) is 1. The van der Waals surface area contributed by atoms with Gasteiger partial charge < -0.3 is 9.45 Å². The first-order chi connectivity index (χ1) is 8.59. The van der Waals surface area contributed by atoms with Crippen molar-refractivity contribution in [1.29, 1.82) is 0 Å². The number of halogens is 3. The van der Waals surface area contributed by atoms with Gasteiger partial charge in [0.05, 0.1) is 19.1 Å². The van der Waals surface area contributed by atoms with Crippen molar-refractivity contribution in [2.75, 3.05) is 13.1 Å². The molecule has 19 heavy (non-hydrogen) atoms. The number of likely N-dealkylation sites (tertiary alicyclic amines) is 1. The van der Waals surface area contributed by atoms with E-state index in [4.69, 9.17) is 13.0 Å². The van der Waals surface area contributed by atoms with E-state index in [0.717, 1.165) is 6.04 Å². The van der Waals surface area contributed by atoms with Gasteiger partial charge in [-0.15, -0.1) is 0 Å². The van der Waals surface area contributed by atoms with Crippen LogP contribution >= 0.6 is 0 Å². The van der Waals surface area contributed by atoms with Crippen molar-refractivity contribution in [2.45, 2.75) is 57.5 Å². The molecule has 1 fully saturated rings. The molecule has 8 heteroatoms. The monoisotopic (exact) mass is 305 g/mol. The number of alkyl halides is 3. The van der Waals surface area contributed by atoms with E-state index in [1.807, 2.05) is 4.90 Å². The lowest BCUT2D eigenvalue weighted by atomic mass is 10.0. The Bertz CT molecular complexity index is 344. The molecule has 1 aliphatic heterocycles. The average Bonchev–Trinajstić information content (AvgIpc) is 2.26. The molecule has 0 aliphatic carbocycles. The summed E-state index contributed by atoms with van der Waals surface area (Å²) < 4.78 is 58.9. The van der Waals surface area contributed by atoms with E-state index >= 15 is 0 Å². The summed E-state index contributed by atoms with van der Waals surface area (Å²) >= 11 is 0. The van der Waals surface area contributed by atoms with Crippen LogP contribution in [0.2, 0.25) is 0 Å². The molecule has 116 valence electrons. The van der Waals surface area contributed by atoms with Crippen LogP contribution in [0.1, 0.15) is 46.0 Å². The summed E-state index contributed by atoms with van der Waals surface area (Å²) in [6, 6.07) is 0.940. The zero-order chi connectivity index (χ0) is 15.1. The van der Waals surface area contributed by atoms with Gasteiger partial charge in [0.2, 0.25) is 0 Å². The highest BCUT2D eigenvalue weighted by atomic mass is 32.2. The quantitative estimate of drug-likeness (QED) is 0.631. The largest absolute Gasteiger partial charge is 0.741 e. The molecular formula is C11H22F3NO3S. The molecule has 2 atom stereocenters. The fraction of sp³-hybridized carbons (Fsp3) is 1.00. The topological polar surface area (TPSA) is 61.6 Å². The van der Waals surface area contributed by atoms with E-state index in [1.54, 1.807) is 0 Å². The summed E-state index contributed by atoms with van der Waals surface area (Å²) in [5, 5.41) is 0. The number of nitrogens with one attached hydrogen (secondary N) is 1. The highest BCUT2D eigenvalue weighted by Crippen LogP contribution is 2.20. The molecule has 1 rings (SSSR count). The maximum Gasteiger partial charge on any atom is 0.485 e. The molecule has 0 spiro atoms. The second-order valence-electron chi connectivity index (χ2n) is 4.81. The van der Waals surface area contributed by atoms with Crippen molar-refractivity contribution in [2.24, 2.45) is 0 Å². The van der Waals surface area contributed by atoms with Gasteiger partial charge in [0.15, 0.2) is 10.1 Å². The number of rotatable bonds is 3. The molecule has 0 aromatic rings. The highest BCUT2D eigenvalue weighted by Gasteiger charge is 2.36. The molecule has 1 N–H and O–H groups in total. The van der Waals surface area contributed by atoms with Crippen LogP contribution in [0.25, 0.3) is 0 Å². The maximum absolute atomic E-state index is 10.7. The second kappa shape index (κ2) is 8.06. The SMILES string of the molecule is CCCC[NH+]1CCCCC1C.O=S(=O)([O-])C(F)(F)F. The number of unbranched alkanes of at least 4 members (excludes halogenated alkanes) is 1. The second-order valence-corrected chi connectivity index (χ2v) is 6.18. The third kappa shape index (κ3) is 7.74. The predicted octanol–water partition coefficient (Wildman–Crippen LogP) is 1.30. The number of quaternary nitrogens is 1. The number of hydrogen-bond acceptors (Lipinski definition) is 3. The Hall–Kier alpha value is -0.340. The Morgan fingerprint density at radius 2 is 1.84 bits per heavy atom. The smallest absolute Gasteiger partial charge is 0.485 e. The lowest BCUT2D eigenvalue weighted by molar-refractivity contribution is -0.928. The van der Waals surface area contributed by atoms with Gasteiger partial charge in [0, 0.05) is 0 Å². The summed E-state index contributed by atoms with van der Waals surface area (Å²) in [6.45, 7) is 7.54. The summed E-state index contributed by atoms with van der Waals surface area (Å²) in [6.07, 6.45) is 7.16. The lowest BCUT2D eigenvalue weighted by Gasteiger charge is -2.30. The predicted molar refractivity (Wildman–Crippen MR) is 64.7 cm³/mol. The summed E-state index contributed by atoms with van der Waals surface area (Å²) in [5.74, 6) is 0. The van der Waals surface area contributed by atoms with Crippen LogP contribution in [0.4, 0.5) is 13.2 Å². The summed E-state index contributed by atoms with van der Waals surface area (Å²) in [5.41, 5.74) is -5.65. The van der Waals surface area contributed by atoms with Crippen LogP contribution < -0.4 is 4.90 Å². The molecular weight excluding hydrogens is 283 g/mol. The van der Waals surface area contributed by atoms with Crippen molar-refractivity contribution < 1.29 is 31.0 Å². The van der Waals surface area contributed by atoms with E-state index in [-0.39, 0.29) is 0 Å². The highest BCUT2D eigenvalue weighted by molar-refractivity contribution is 7.86.